The number of hydrogen-bond acceptors (Lipinski definition) is 4. The van der Waals surface area contributed by atoms with E-state index < -0.39 is 0 Å². The van der Waals surface area contributed by atoms with Crippen molar-refractivity contribution in [2.45, 2.75) is 70.8 Å². The number of aryl methyl sites for hydroxylation is 2. The molecular weight excluding hydrogens is 346 g/mol. The molecule has 2 aromatic rings. The summed E-state index contributed by atoms with van der Waals surface area (Å²) in [4.78, 5) is 23.8. The number of carbonyl (C=O) groups is 1. The number of fused-ring (bicyclic) bond motifs is 1. The molecule has 1 saturated carbocycles. The number of carbonyl (C=O) groups excluding carboxylic acids is 1. The number of Topliss-reactive ketones (excluding diaryl/α,β-unsaturated/α-hetero) is 1. The van der Waals surface area contributed by atoms with Gasteiger partial charge in [-0.3, -0.25) is 9.69 Å². The van der Waals surface area contributed by atoms with Gasteiger partial charge in [0, 0.05) is 44.4 Å². The van der Waals surface area contributed by atoms with E-state index in [0.717, 1.165) is 44.0 Å². The van der Waals surface area contributed by atoms with Crippen molar-refractivity contribution in [3.63, 3.8) is 0 Å². The van der Waals surface area contributed by atoms with Crippen molar-refractivity contribution in [2.75, 3.05) is 13.1 Å². The van der Waals surface area contributed by atoms with Crippen molar-refractivity contribution < 1.29 is 4.79 Å². The Bertz CT molecular complexity index is 811. The van der Waals surface area contributed by atoms with Gasteiger partial charge in [-0.05, 0) is 55.2 Å². The van der Waals surface area contributed by atoms with E-state index in [1.807, 2.05) is 0 Å². The molecule has 4 rings (SSSR count). The summed E-state index contributed by atoms with van der Waals surface area (Å²) in [5, 5.41) is 0. The van der Waals surface area contributed by atoms with Crippen LogP contribution in [0.2, 0.25) is 0 Å². The Morgan fingerprint density at radius 2 is 1.82 bits per heavy atom. The molecule has 28 heavy (non-hydrogen) atoms. The van der Waals surface area contributed by atoms with Gasteiger partial charge in [0.05, 0.1) is 5.56 Å². The lowest BCUT2D eigenvalue weighted by Gasteiger charge is -2.36. The Morgan fingerprint density at radius 3 is 2.50 bits per heavy atom. The molecule has 4 heteroatoms. The fraction of sp³-hybridized carbons (Fsp3) is 0.542. The van der Waals surface area contributed by atoms with Crippen molar-refractivity contribution >= 4 is 5.78 Å². The van der Waals surface area contributed by atoms with Gasteiger partial charge >= 0.3 is 0 Å². The topological polar surface area (TPSA) is 46.1 Å². The highest BCUT2D eigenvalue weighted by molar-refractivity contribution is 5.95. The highest BCUT2D eigenvalue weighted by atomic mass is 16.1. The summed E-state index contributed by atoms with van der Waals surface area (Å²) in [7, 11) is 0. The van der Waals surface area contributed by atoms with Crippen LogP contribution in [0.15, 0.2) is 30.6 Å². The van der Waals surface area contributed by atoms with E-state index in [4.69, 9.17) is 0 Å². The molecule has 4 nitrogen and oxygen atoms in total. The Balaban J connectivity index is 1.34. The van der Waals surface area contributed by atoms with Crippen molar-refractivity contribution in [2.24, 2.45) is 0 Å². The van der Waals surface area contributed by atoms with Gasteiger partial charge in [0.1, 0.15) is 5.82 Å². The van der Waals surface area contributed by atoms with Crippen LogP contribution in [0.1, 0.15) is 71.9 Å². The highest BCUT2D eigenvalue weighted by Gasteiger charge is 2.26. The van der Waals surface area contributed by atoms with E-state index in [9.17, 15) is 4.79 Å². The quantitative estimate of drug-likeness (QED) is 0.679. The van der Waals surface area contributed by atoms with Gasteiger partial charge in [0.15, 0.2) is 5.78 Å². The number of nitrogens with zero attached hydrogens (tertiary/aromatic N) is 3. The molecule has 0 saturated heterocycles. The summed E-state index contributed by atoms with van der Waals surface area (Å²) in [6.07, 6.45) is 13.0. The summed E-state index contributed by atoms with van der Waals surface area (Å²) in [5.41, 5.74) is 4.88. The summed E-state index contributed by atoms with van der Waals surface area (Å²) in [6.45, 7) is 4.48. The minimum absolute atomic E-state index is 0.133. The van der Waals surface area contributed by atoms with Gasteiger partial charge in [0.2, 0.25) is 0 Å². The van der Waals surface area contributed by atoms with Crippen LogP contribution in [0.5, 0.6) is 0 Å². The predicted molar refractivity (Wildman–Crippen MR) is 112 cm³/mol. The first kappa shape index (κ1) is 19.3. The number of ketones is 1. The van der Waals surface area contributed by atoms with E-state index in [1.165, 1.54) is 49.0 Å². The average molecular weight is 378 g/mol. The van der Waals surface area contributed by atoms with E-state index in [2.05, 4.69) is 40.0 Å². The minimum atomic E-state index is 0.133. The van der Waals surface area contributed by atoms with Crippen molar-refractivity contribution in [3.8, 4) is 0 Å². The maximum atomic E-state index is 12.5. The molecule has 0 radical (unpaired) electrons. The average Bonchev–Trinajstić information content (AvgIpc) is 2.88. The van der Waals surface area contributed by atoms with Crippen molar-refractivity contribution in [1.29, 1.82) is 0 Å². The summed E-state index contributed by atoms with van der Waals surface area (Å²) < 4.78 is 0. The van der Waals surface area contributed by atoms with Gasteiger partial charge in [-0.25, -0.2) is 9.97 Å². The van der Waals surface area contributed by atoms with Crippen LogP contribution < -0.4 is 0 Å². The molecule has 148 valence electrons. The maximum Gasteiger partial charge on any atom is 0.166 e. The summed E-state index contributed by atoms with van der Waals surface area (Å²) >= 11 is 0. The first-order chi connectivity index (χ1) is 13.7. The largest absolute Gasteiger partial charge is 0.300 e. The summed E-state index contributed by atoms with van der Waals surface area (Å²) in [5.74, 6) is 0.954. The zero-order valence-corrected chi connectivity index (χ0v) is 17.0. The van der Waals surface area contributed by atoms with Crippen LogP contribution >= 0.6 is 0 Å². The third-order valence-electron chi connectivity index (χ3n) is 6.34. The Kier molecular flexibility index (Phi) is 6.16. The zero-order valence-electron chi connectivity index (χ0n) is 17.0. The molecule has 1 aromatic heterocycles. The van der Waals surface area contributed by atoms with E-state index in [1.54, 1.807) is 12.4 Å². The normalized spacial score (nSPS) is 17.6. The molecule has 1 aliphatic heterocycles. The fourth-order valence-electron chi connectivity index (χ4n) is 4.32. The lowest BCUT2D eigenvalue weighted by molar-refractivity contribution is 0.0982. The van der Waals surface area contributed by atoms with Crippen LogP contribution in [0.3, 0.4) is 0 Å². The number of hydrogen-bond donors (Lipinski definition) is 0. The molecule has 0 atom stereocenters. The first-order valence-corrected chi connectivity index (χ1v) is 10.9. The Morgan fingerprint density at radius 1 is 1.07 bits per heavy atom. The predicted octanol–water partition coefficient (Wildman–Crippen LogP) is 4.20. The zero-order chi connectivity index (χ0) is 19.3. The molecule has 0 bridgehead atoms. The smallest absolute Gasteiger partial charge is 0.166 e. The lowest BCUT2D eigenvalue weighted by Crippen LogP contribution is -2.41. The minimum Gasteiger partial charge on any atom is -0.300 e. The van der Waals surface area contributed by atoms with Crippen LogP contribution in [-0.4, -0.2) is 39.8 Å². The fourth-order valence-corrected chi connectivity index (χ4v) is 4.32. The molecule has 0 N–H and O–H groups in total. The third-order valence-corrected chi connectivity index (χ3v) is 6.34. The highest BCUT2D eigenvalue weighted by Crippen LogP contribution is 2.27. The van der Waals surface area contributed by atoms with Crippen LogP contribution in [-0.2, 0) is 25.7 Å². The molecule has 0 unspecified atom stereocenters. The second kappa shape index (κ2) is 8.95. The third kappa shape index (κ3) is 4.49. The second-order valence-corrected chi connectivity index (χ2v) is 8.28. The van der Waals surface area contributed by atoms with Crippen LogP contribution in [0.4, 0.5) is 0 Å². The molecule has 1 aliphatic carbocycles. The molecule has 2 aliphatic rings. The van der Waals surface area contributed by atoms with Crippen LogP contribution in [0, 0.1) is 0 Å². The Labute approximate surface area is 168 Å². The van der Waals surface area contributed by atoms with E-state index >= 15 is 0 Å². The van der Waals surface area contributed by atoms with Gasteiger partial charge in [0.25, 0.3) is 0 Å². The SMILES string of the molecule is CCCc1ncc(C(=O)CCc2ccc3c(c2)CCN(C2CCC2)CC3)cn1. The molecule has 0 spiro atoms. The van der Waals surface area contributed by atoms with Crippen molar-refractivity contribution in [1.82, 2.24) is 14.9 Å². The van der Waals surface area contributed by atoms with E-state index in [-0.39, 0.29) is 5.78 Å². The first-order valence-electron chi connectivity index (χ1n) is 10.9. The standard InChI is InChI=1S/C24H31N3O/c1-2-4-24-25-16-21(17-26-24)23(28)10-8-18-7-9-19-11-13-27(22-5-3-6-22)14-12-20(19)15-18/h7,9,15-17,22H,2-6,8,10-14H2,1H3. The van der Waals surface area contributed by atoms with Crippen molar-refractivity contribution in [3.05, 3.63) is 58.7 Å². The molecule has 2 heterocycles. The molecular formula is C24H31N3O. The summed E-state index contributed by atoms with van der Waals surface area (Å²) in [6, 6.07) is 7.68. The maximum absolute atomic E-state index is 12.5. The van der Waals surface area contributed by atoms with Gasteiger partial charge in [-0.1, -0.05) is 31.5 Å². The molecule has 1 aromatic carbocycles. The number of rotatable bonds is 7. The monoisotopic (exact) mass is 377 g/mol. The van der Waals surface area contributed by atoms with Gasteiger partial charge in [-0.15, -0.1) is 0 Å². The Hall–Kier alpha value is -2.07. The van der Waals surface area contributed by atoms with E-state index in [0.29, 0.717) is 12.0 Å². The number of benzene rings is 1. The molecule has 1 fully saturated rings. The lowest BCUT2D eigenvalue weighted by atomic mass is 9.91. The van der Waals surface area contributed by atoms with Gasteiger partial charge < -0.3 is 0 Å². The van der Waals surface area contributed by atoms with Gasteiger partial charge in [-0.2, -0.15) is 0 Å². The second-order valence-electron chi connectivity index (χ2n) is 8.28. The number of aromatic nitrogens is 2. The van der Waals surface area contributed by atoms with Crippen LogP contribution in [0.25, 0.3) is 0 Å². The molecule has 0 amide bonds.